The maximum Gasteiger partial charge on any atom is 0.523 e. The molecule has 1 saturated heterocycles. The predicted molar refractivity (Wildman–Crippen MR) is 210 cm³/mol. The van der Waals surface area contributed by atoms with Crippen LogP contribution in [0.15, 0.2) is 134 Å². The number of benzene rings is 4. The monoisotopic (exact) mass is 852 g/mol. The highest BCUT2D eigenvalue weighted by Gasteiger charge is 2.62. The van der Waals surface area contributed by atoms with Gasteiger partial charge in [0.05, 0.1) is 39.4 Å². The number of nitrogens with zero attached hydrogens (tertiary/aromatic N) is 4. The lowest BCUT2D eigenvalue weighted by Crippen LogP contribution is -2.59. The molecule has 0 bridgehead atoms. The number of hydrogen-bond donors (Lipinski definition) is 0. The second kappa shape index (κ2) is 18.6. The smallest absolute Gasteiger partial charge is 0.374 e. The summed E-state index contributed by atoms with van der Waals surface area (Å²) in [5, 5.41) is -0.0688. The summed E-state index contributed by atoms with van der Waals surface area (Å²) in [5.41, 5.74) is -5.50. The van der Waals surface area contributed by atoms with E-state index in [-0.39, 0.29) is 49.4 Å². The first-order valence-electron chi connectivity index (χ1n) is 18.5. The Morgan fingerprint density at radius 1 is 0.712 bits per heavy atom. The van der Waals surface area contributed by atoms with E-state index in [0.717, 1.165) is 24.4 Å². The Labute approximate surface area is 343 Å². The van der Waals surface area contributed by atoms with Gasteiger partial charge in [-0.1, -0.05) is 133 Å². The molecular formula is C42H40ClF3N4O8S. The highest BCUT2D eigenvalue weighted by atomic mass is 35.5. The molecule has 59 heavy (non-hydrogen) atoms. The third-order valence-electron chi connectivity index (χ3n) is 9.72. The van der Waals surface area contributed by atoms with Crippen molar-refractivity contribution < 1.29 is 49.5 Å². The van der Waals surface area contributed by atoms with Crippen molar-refractivity contribution in [2.75, 3.05) is 6.61 Å². The van der Waals surface area contributed by atoms with Crippen LogP contribution in [-0.2, 0) is 64.4 Å². The van der Waals surface area contributed by atoms with E-state index in [9.17, 15) is 21.6 Å². The third-order valence-corrected chi connectivity index (χ3v) is 11.1. The van der Waals surface area contributed by atoms with E-state index in [1.54, 1.807) is 54.6 Å². The van der Waals surface area contributed by atoms with E-state index in [4.69, 9.17) is 39.5 Å². The van der Waals surface area contributed by atoms with Gasteiger partial charge in [0, 0.05) is 0 Å². The zero-order valence-electron chi connectivity index (χ0n) is 31.6. The van der Waals surface area contributed by atoms with Crippen molar-refractivity contribution in [2.24, 2.45) is 0 Å². The van der Waals surface area contributed by atoms with E-state index < -0.39 is 51.9 Å². The summed E-state index contributed by atoms with van der Waals surface area (Å²) < 4.78 is 110. The summed E-state index contributed by atoms with van der Waals surface area (Å²) in [6, 6.07) is 36.4. The molecule has 4 aromatic carbocycles. The highest BCUT2D eigenvalue weighted by molar-refractivity contribution is 7.87. The molecule has 3 heterocycles. The lowest BCUT2D eigenvalue weighted by molar-refractivity contribution is -0.210. The standard InChI is InChI=1S/C42H40ClF3N4O8S/c1-41(58-59(51,52)42(44,45)46)37(56-25-32-20-12-5-13-21-32)36(55-24-31-18-10-4-11-19-31)35(54-23-30-16-8-3-9-17-30)33(26-53-22-29-14-6-2-7-15-29)57-40(41)50-28-49-34-38(43)47-27-48-39(34)50/h2-21,27-28,33,35-37,40H,22-26H2,1H3/t33-,35-,36+,37-,40-,41-/m1/s1. The molecule has 0 aliphatic carbocycles. The lowest BCUT2D eigenvalue weighted by Gasteiger charge is -2.43. The maximum absolute atomic E-state index is 14.5. The molecule has 0 saturated carbocycles. The Hall–Kier alpha value is -4.78. The molecule has 7 rings (SSSR count). The van der Waals surface area contributed by atoms with Gasteiger partial charge in [0.25, 0.3) is 0 Å². The summed E-state index contributed by atoms with van der Waals surface area (Å²) in [6.45, 7) is 0.738. The number of rotatable bonds is 16. The second-order valence-electron chi connectivity index (χ2n) is 13.9. The Kier molecular flexibility index (Phi) is 13.4. The molecule has 0 radical (unpaired) electrons. The van der Waals surface area contributed by atoms with Gasteiger partial charge < -0.3 is 23.7 Å². The number of alkyl halides is 3. The minimum Gasteiger partial charge on any atom is -0.374 e. The molecule has 0 spiro atoms. The van der Waals surface area contributed by atoms with Gasteiger partial charge in [-0.15, -0.1) is 0 Å². The van der Waals surface area contributed by atoms with E-state index in [0.29, 0.717) is 11.1 Å². The molecule has 0 amide bonds. The number of hydrogen-bond acceptors (Lipinski definition) is 11. The average molecular weight is 853 g/mol. The van der Waals surface area contributed by atoms with E-state index in [1.165, 1.54) is 10.9 Å². The third kappa shape index (κ3) is 9.99. The highest BCUT2D eigenvalue weighted by Crippen LogP contribution is 2.46. The Bertz CT molecular complexity index is 2370. The lowest BCUT2D eigenvalue weighted by atomic mass is 9.89. The molecule has 6 atom stereocenters. The van der Waals surface area contributed by atoms with Crippen LogP contribution in [0.2, 0.25) is 5.15 Å². The summed E-state index contributed by atoms with van der Waals surface area (Å²) in [7, 11) is -6.39. The SMILES string of the molecule is C[C@@]1(OS(=O)(=O)C(F)(F)F)[C@H](OCc2ccccc2)[C@@H](OCc2ccccc2)[C@H](OCc2ccccc2)[C@@H](COCc2ccccc2)O[C@H]1n1cnc2c(Cl)ncnc21. The Balaban J connectivity index is 1.43. The zero-order chi connectivity index (χ0) is 41.5. The van der Waals surface area contributed by atoms with Crippen LogP contribution in [0.1, 0.15) is 35.4 Å². The van der Waals surface area contributed by atoms with Crippen LogP contribution in [0.25, 0.3) is 11.2 Å². The van der Waals surface area contributed by atoms with Gasteiger partial charge in [-0.25, -0.2) is 19.1 Å². The summed E-state index contributed by atoms with van der Waals surface area (Å²) in [6.07, 6.45) is -4.93. The van der Waals surface area contributed by atoms with Crippen LogP contribution in [0, 0.1) is 0 Å². The van der Waals surface area contributed by atoms with Crippen molar-refractivity contribution >= 4 is 32.9 Å². The molecule has 310 valence electrons. The topological polar surface area (TPSA) is 133 Å². The van der Waals surface area contributed by atoms with Crippen LogP contribution in [0.3, 0.4) is 0 Å². The van der Waals surface area contributed by atoms with Gasteiger partial charge in [-0.05, 0) is 29.2 Å². The largest absolute Gasteiger partial charge is 0.523 e. The van der Waals surface area contributed by atoms with Gasteiger partial charge in [0.1, 0.15) is 36.3 Å². The molecule has 1 aliphatic heterocycles. The molecule has 17 heteroatoms. The number of fused-ring (bicyclic) bond motifs is 1. The molecule has 0 N–H and O–H groups in total. The summed E-state index contributed by atoms with van der Waals surface area (Å²) in [4.78, 5) is 12.6. The van der Waals surface area contributed by atoms with Crippen molar-refractivity contribution in [1.82, 2.24) is 19.5 Å². The van der Waals surface area contributed by atoms with Gasteiger partial charge in [-0.2, -0.15) is 21.6 Å². The Morgan fingerprint density at radius 2 is 1.20 bits per heavy atom. The van der Waals surface area contributed by atoms with Gasteiger partial charge >= 0.3 is 15.6 Å². The zero-order valence-corrected chi connectivity index (χ0v) is 33.2. The van der Waals surface area contributed by atoms with Crippen molar-refractivity contribution in [3.63, 3.8) is 0 Å². The molecular weight excluding hydrogens is 813 g/mol. The number of halogens is 4. The Morgan fingerprint density at radius 3 is 1.73 bits per heavy atom. The fourth-order valence-corrected chi connectivity index (χ4v) is 7.80. The second-order valence-corrected chi connectivity index (χ2v) is 15.8. The van der Waals surface area contributed by atoms with Crippen LogP contribution in [0.5, 0.6) is 0 Å². The molecule has 1 aliphatic rings. The molecule has 2 aromatic heterocycles. The minimum absolute atomic E-state index is 0.00500. The van der Waals surface area contributed by atoms with Gasteiger partial charge in [-0.3, -0.25) is 4.57 Å². The predicted octanol–water partition coefficient (Wildman–Crippen LogP) is 7.98. The molecule has 12 nitrogen and oxygen atoms in total. The van der Waals surface area contributed by atoms with Crippen molar-refractivity contribution in [2.45, 2.75) is 75.1 Å². The summed E-state index contributed by atoms with van der Waals surface area (Å²) in [5.74, 6) is 0. The summed E-state index contributed by atoms with van der Waals surface area (Å²) >= 11 is 6.40. The van der Waals surface area contributed by atoms with Crippen molar-refractivity contribution in [3.05, 3.63) is 161 Å². The quantitative estimate of drug-likeness (QED) is 0.0534. The first kappa shape index (κ1) is 42.3. The van der Waals surface area contributed by atoms with Crippen LogP contribution < -0.4 is 0 Å². The first-order chi connectivity index (χ1) is 28.4. The molecule has 6 aromatic rings. The van der Waals surface area contributed by atoms with Gasteiger partial charge in [0.2, 0.25) is 0 Å². The number of imidazole rings is 1. The van der Waals surface area contributed by atoms with Crippen molar-refractivity contribution in [1.29, 1.82) is 0 Å². The minimum atomic E-state index is -6.39. The molecule has 0 unspecified atom stereocenters. The average Bonchev–Trinajstić information content (AvgIpc) is 3.63. The number of ether oxygens (including phenoxy) is 5. The van der Waals surface area contributed by atoms with E-state index in [1.807, 2.05) is 66.7 Å². The van der Waals surface area contributed by atoms with E-state index in [2.05, 4.69) is 15.0 Å². The number of aromatic nitrogens is 4. The van der Waals surface area contributed by atoms with Crippen LogP contribution in [-0.4, -0.2) is 70.1 Å². The van der Waals surface area contributed by atoms with Crippen LogP contribution in [0.4, 0.5) is 13.2 Å². The maximum atomic E-state index is 14.5. The van der Waals surface area contributed by atoms with Crippen LogP contribution >= 0.6 is 11.6 Å². The first-order valence-corrected chi connectivity index (χ1v) is 20.3. The van der Waals surface area contributed by atoms with Gasteiger partial charge in [0.15, 0.2) is 22.6 Å². The molecule has 1 fully saturated rings. The normalized spacial score (nSPS) is 22.6. The van der Waals surface area contributed by atoms with Crippen molar-refractivity contribution in [3.8, 4) is 0 Å². The fourth-order valence-electron chi connectivity index (χ4n) is 6.88. The van der Waals surface area contributed by atoms with E-state index >= 15 is 0 Å². The fraction of sp³-hybridized carbons (Fsp3) is 0.310.